The van der Waals surface area contributed by atoms with Crippen LogP contribution in [0.3, 0.4) is 0 Å². The van der Waals surface area contributed by atoms with Crippen molar-refractivity contribution in [2.45, 2.75) is 83.1 Å². The lowest BCUT2D eigenvalue weighted by molar-refractivity contribution is 0.0234. The van der Waals surface area contributed by atoms with Crippen LogP contribution in [-0.2, 0) is 18.9 Å². The number of carbonyl (C=O) groups is 1. The van der Waals surface area contributed by atoms with Gasteiger partial charge in [0, 0.05) is 57.1 Å². The van der Waals surface area contributed by atoms with Crippen molar-refractivity contribution in [3.8, 4) is 5.95 Å². The number of nitrogens with zero attached hydrogens (tertiary/aromatic N) is 6. The molecule has 0 bridgehead atoms. The molecule has 7 rings (SSSR count). The number of aromatic nitrogens is 8. The van der Waals surface area contributed by atoms with Gasteiger partial charge in [-0.25, -0.2) is 19.4 Å². The highest BCUT2D eigenvalue weighted by Gasteiger charge is 2.28. The number of anilines is 1. The van der Waals surface area contributed by atoms with Crippen LogP contribution in [0.4, 0.5) is 10.6 Å². The summed E-state index contributed by atoms with van der Waals surface area (Å²) in [5.74, 6) is 0.771. The van der Waals surface area contributed by atoms with E-state index in [1.807, 2.05) is 51.1 Å². The fraction of sp³-hybridized carbons (Fsp3) is 0.488. The zero-order valence-corrected chi connectivity index (χ0v) is 34.5. The number of methoxy groups -OCH3 is 1. The van der Waals surface area contributed by atoms with Crippen molar-refractivity contribution in [1.82, 2.24) is 43.9 Å². The van der Waals surface area contributed by atoms with E-state index in [1.54, 1.807) is 39.3 Å². The van der Waals surface area contributed by atoms with Crippen molar-refractivity contribution in [1.29, 1.82) is 0 Å². The molecular weight excluding hydrogens is 780 g/mol. The van der Waals surface area contributed by atoms with Gasteiger partial charge in [0.05, 0.1) is 29.1 Å². The Morgan fingerprint density at radius 2 is 1.86 bits per heavy atom. The van der Waals surface area contributed by atoms with Gasteiger partial charge in [0.1, 0.15) is 22.8 Å². The first-order valence-electron chi connectivity index (χ1n) is 20.0. The molecule has 5 aromatic rings. The molecule has 314 valence electrons. The van der Waals surface area contributed by atoms with Gasteiger partial charge in [-0.05, 0) is 89.6 Å². The number of alkyl carbamates (subject to hydrolysis) is 1. The van der Waals surface area contributed by atoms with Crippen LogP contribution >= 0.6 is 11.6 Å². The minimum atomic E-state index is -0.554. The average Bonchev–Trinajstić information content (AvgIpc) is 3.88. The van der Waals surface area contributed by atoms with Gasteiger partial charge in [0.15, 0.2) is 11.5 Å². The molecule has 2 saturated heterocycles. The molecule has 0 saturated carbocycles. The van der Waals surface area contributed by atoms with Crippen LogP contribution in [0.5, 0.6) is 0 Å². The zero-order chi connectivity index (χ0) is 41.5. The second kappa shape index (κ2) is 18.6. The number of H-pyrrole nitrogens is 2. The standard InChI is InChI=1S/C41H51ClN10O7/c1-41(2,3)59-40(55)44-17-8-6-5-7-9-31-32(51(38(53)46-31)27-14-19-57-20-15-27)13-11-29-24-28(16-21-58-29)52-36-34(47-39(52)54)35(43-18-22-56-4)48-37(49-36)50-25-45-30-12-10-26(42)23-33(30)50/h5,7,9-12,23,25,27-29H,6,8,14-22,24H2,1-4H3,(H,44,55)(H,46,53)(H,47,54)(H,43,48,49). The SMILES string of the molecule is COCCNc1nc(-n2cnc3ccc(Cl)cc32)nc2c1[nH]c(=O)n2C1CCOC(C=C=c2c(=CC=CCCCNC(=O)OC(C)(C)C)[nH]c(=O)n2C2CCOCC2)C1. The van der Waals surface area contributed by atoms with E-state index in [0.29, 0.717) is 110 Å². The van der Waals surface area contributed by atoms with Crippen molar-refractivity contribution in [2.24, 2.45) is 0 Å². The summed E-state index contributed by atoms with van der Waals surface area (Å²) in [6.07, 6.45) is 12.2. The summed E-state index contributed by atoms with van der Waals surface area (Å²) in [6, 6.07) is 5.07. The highest BCUT2D eigenvalue weighted by molar-refractivity contribution is 6.31. The zero-order valence-electron chi connectivity index (χ0n) is 33.8. The number of carbonyl (C=O) groups excluding carboxylic acids is 1. The van der Waals surface area contributed by atoms with Crippen molar-refractivity contribution in [3.63, 3.8) is 0 Å². The van der Waals surface area contributed by atoms with Crippen LogP contribution in [0.2, 0.25) is 5.02 Å². The lowest BCUT2D eigenvalue weighted by Crippen LogP contribution is -2.37. The number of halogens is 1. The average molecular weight is 831 g/mol. The van der Waals surface area contributed by atoms with E-state index in [0.717, 1.165) is 17.5 Å². The molecule has 1 amide bonds. The number of ether oxygens (including phenoxy) is 4. The van der Waals surface area contributed by atoms with Gasteiger partial charge < -0.3 is 39.5 Å². The molecule has 4 N–H and O–H groups in total. The summed E-state index contributed by atoms with van der Waals surface area (Å²) in [6.45, 7) is 8.34. The summed E-state index contributed by atoms with van der Waals surface area (Å²) in [4.78, 5) is 59.4. The predicted octanol–water partition coefficient (Wildman–Crippen LogP) is 4.01. The number of amides is 1. The second-order valence-corrected chi connectivity index (χ2v) is 15.9. The number of rotatable bonds is 13. The van der Waals surface area contributed by atoms with Crippen LogP contribution in [0.15, 0.2) is 52.3 Å². The Morgan fingerprint density at radius 3 is 2.66 bits per heavy atom. The van der Waals surface area contributed by atoms with Crippen molar-refractivity contribution in [3.05, 3.63) is 79.4 Å². The third-order valence-corrected chi connectivity index (χ3v) is 10.3. The Hall–Kier alpha value is -5.45. The maximum absolute atomic E-state index is 13.8. The van der Waals surface area contributed by atoms with Crippen LogP contribution in [0, 0.1) is 0 Å². The van der Waals surface area contributed by atoms with Crippen LogP contribution < -0.4 is 32.7 Å². The first-order valence-corrected chi connectivity index (χ1v) is 20.4. The summed E-state index contributed by atoms with van der Waals surface area (Å²) >= 11 is 6.36. The predicted molar refractivity (Wildman–Crippen MR) is 225 cm³/mol. The first-order chi connectivity index (χ1) is 28.5. The number of unbranched alkanes of at least 4 members (excludes halogenated alkanes) is 1. The maximum Gasteiger partial charge on any atom is 0.407 e. The minimum Gasteiger partial charge on any atom is -0.444 e. The number of hydrogen-bond acceptors (Lipinski definition) is 11. The normalized spacial score (nSPS) is 18.2. The number of aromatic amines is 2. The summed E-state index contributed by atoms with van der Waals surface area (Å²) in [5, 5.41) is 7.84. The topological polar surface area (TPSA) is 197 Å². The Bertz CT molecular complexity index is 2590. The fourth-order valence-electron chi connectivity index (χ4n) is 7.32. The summed E-state index contributed by atoms with van der Waals surface area (Å²) in [7, 11) is 1.62. The first kappa shape index (κ1) is 41.7. The molecule has 2 unspecified atom stereocenters. The molecule has 2 atom stereocenters. The molecule has 1 aromatic carbocycles. The molecule has 18 heteroatoms. The van der Waals surface area contributed by atoms with Crippen molar-refractivity contribution < 1.29 is 23.7 Å². The van der Waals surface area contributed by atoms with Crippen molar-refractivity contribution in [2.75, 3.05) is 51.9 Å². The molecular formula is C41H51ClN10O7. The number of benzene rings is 1. The van der Waals surface area contributed by atoms with E-state index < -0.39 is 17.8 Å². The molecule has 6 heterocycles. The van der Waals surface area contributed by atoms with Gasteiger partial charge in [0.2, 0.25) is 5.95 Å². The second-order valence-electron chi connectivity index (χ2n) is 15.5. The van der Waals surface area contributed by atoms with E-state index >= 15 is 0 Å². The van der Waals surface area contributed by atoms with E-state index in [4.69, 9.17) is 40.5 Å². The number of nitrogens with one attached hydrogen (secondary N) is 4. The van der Waals surface area contributed by atoms with E-state index in [9.17, 15) is 14.4 Å². The molecule has 4 aromatic heterocycles. The third kappa shape index (κ3) is 10.1. The molecule has 2 aliphatic heterocycles. The Morgan fingerprint density at radius 1 is 1.07 bits per heavy atom. The summed E-state index contributed by atoms with van der Waals surface area (Å²) in [5.41, 5.74) is 4.68. The van der Waals surface area contributed by atoms with Crippen LogP contribution in [0.1, 0.15) is 71.4 Å². The van der Waals surface area contributed by atoms with E-state index in [-0.39, 0.29) is 23.5 Å². The minimum absolute atomic E-state index is 0.0532. The molecule has 2 fully saturated rings. The van der Waals surface area contributed by atoms with E-state index in [2.05, 4.69) is 31.3 Å². The Balaban J connectivity index is 1.18. The van der Waals surface area contributed by atoms with Crippen molar-refractivity contribution >= 4 is 57.5 Å². The molecule has 59 heavy (non-hydrogen) atoms. The molecule has 0 radical (unpaired) electrons. The highest BCUT2D eigenvalue weighted by Crippen LogP contribution is 2.30. The maximum atomic E-state index is 13.8. The quantitative estimate of drug-likeness (QED) is 0.125. The third-order valence-electron chi connectivity index (χ3n) is 10.1. The number of imidazole rings is 3. The van der Waals surface area contributed by atoms with E-state index in [1.165, 1.54) is 0 Å². The summed E-state index contributed by atoms with van der Waals surface area (Å²) < 4.78 is 27.6. The fourth-order valence-corrected chi connectivity index (χ4v) is 7.49. The number of fused-ring (bicyclic) bond motifs is 2. The molecule has 17 nitrogen and oxygen atoms in total. The monoisotopic (exact) mass is 830 g/mol. The molecule has 0 aliphatic carbocycles. The van der Waals surface area contributed by atoms with Gasteiger partial charge in [-0.15, -0.1) is 0 Å². The van der Waals surface area contributed by atoms with Gasteiger partial charge in [-0.2, -0.15) is 9.97 Å². The van der Waals surface area contributed by atoms with Crippen LogP contribution in [0.25, 0.3) is 40.0 Å². The Labute approximate surface area is 344 Å². The number of hydrogen-bond donors (Lipinski definition) is 4. The van der Waals surface area contributed by atoms with Crippen LogP contribution in [-0.4, -0.2) is 103 Å². The Kier molecular flexibility index (Phi) is 13.2. The van der Waals surface area contributed by atoms with Gasteiger partial charge in [-0.1, -0.05) is 29.5 Å². The van der Waals surface area contributed by atoms with Gasteiger partial charge in [0.25, 0.3) is 0 Å². The lowest BCUT2D eigenvalue weighted by Gasteiger charge is -2.28. The largest absolute Gasteiger partial charge is 0.444 e. The highest BCUT2D eigenvalue weighted by atomic mass is 35.5. The van der Waals surface area contributed by atoms with Gasteiger partial charge >= 0.3 is 17.5 Å². The molecule has 0 spiro atoms. The lowest BCUT2D eigenvalue weighted by atomic mass is 10.0. The van der Waals surface area contributed by atoms with Gasteiger partial charge in [-0.3, -0.25) is 13.7 Å². The molecule has 2 aliphatic rings. The smallest absolute Gasteiger partial charge is 0.407 e. The number of allylic oxidation sites excluding steroid dienone is 2.